The number of aryl methyl sites for hydroxylation is 1. The summed E-state index contributed by atoms with van der Waals surface area (Å²) in [5.74, 6) is -0.535. The molecular formula is C18H16FN3O3. The normalized spacial score (nSPS) is 14.1. The van der Waals surface area contributed by atoms with Crippen LogP contribution in [0.25, 0.3) is 22.2 Å². The van der Waals surface area contributed by atoms with E-state index in [2.05, 4.69) is 0 Å². The van der Waals surface area contributed by atoms with Crippen LogP contribution in [0.1, 0.15) is 23.3 Å². The van der Waals surface area contributed by atoms with E-state index >= 15 is 0 Å². The SMILES string of the molecule is Cn1c(=O)c2c(-c3cccc(F)c3)n3c(c2n(C)c1=O)C(=O)CCC3. The van der Waals surface area contributed by atoms with E-state index in [1.807, 2.05) is 0 Å². The average molecular weight is 341 g/mol. The van der Waals surface area contributed by atoms with Crippen molar-refractivity contribution in [1.82, 2.24) is 13.7 Å². The van der Waals surface area contributed by atoms with Crippen molar-refractivity contribution in [3.8, 4) is 11.3 Å². The van der Waals surface area contributed by atoms with Crippen molar-refractivity contribution in [2.45, 2.75) is 19.4 Å². The molecule has 4 rings (SSSR count). The summed E-state index contributed by atoms with van der Waals surface area (Å²) in [5, 5.41) is 0.278. The molecule has 0 unspecified atom stereocenters. The Morgan fingerprint density at radius 1 is 1.04 bits per heavy atom. The van der Waals surface area contributed by atoms with Crippen LogP contribution in [0.15, 0.2) is 33.9 Å². The number of benzene rings is 1. The molecule has 0 aliphatic carbocycles. The van der Waals surface area contributed by atoms with Crippen molar-refractivity contribution < 1.29 is 9.18 Å². The number of halogens is 1. The van der Waals surface area contributed by atoms with E-state index in [-0.39, 0.29) is 11.2 Å². The first-order valence-electron chi connectivity index (χ1n) is 8.03. The molecule has 7 heteroatoms. The summed E-state index contributed by atoms with van der Waals surface area (Å²) in [6.07, 6.45) is 1.01. The maximum absolute atomic E-state index is 13.8. The lowest BCUT2D eigenvalue weighted by Crippen LogP contribution is -2.37. The Morgan fingerprint density at radius 2 is 1.80 bits per heavy atom. The Bertz CT molecular complexity index is 1170. The van der Waals surface area contributed by atoms with Crippen molar-refractivity contribution >= 4 is 16.7 Å². The van der Waals surface area contributed by atoms with Gasteiger partial charge in [0.2, 0.25) is 0 Å². The standard InChI is InChI=1S/C18H16FN3O3/c1-20-16-13(17(24)21(2)18(20)25)14(10-5-3-6-11(19)9-10)22-8-4-7-12(23)15(16)22/h3,5-6,9H,4,7-8H2,1-2H3. The fraction of sp³-hybridized carbons (Fsp3) is 0.278. The van der Waals surface area contributed by atoms with Crippen LogP contribution in [0.3, 0.4) is 0 Å². The molecule has 0 radical (unpaired) electrons. The van der Waals surface area contributed by atoms with E-state index in [1.165, 1.54) is 23.7 Å². The molecule has 1 aliphatic heterocycles. The van der Waals surface area contributed by atoms with E-state index in [0.29, 0.717) is 41.9 Å². The van der Waals surface area contributed by atoms with E-state index in [1.54, 1.807) is 23.7 Å². The second kappa shape index (κ2) is 5.27. The highest BCUT2D eigenvalue weighted by Crippen LogP contribution is 2.34. The Kier molecular flexibility index (Phi) is 3.28. The van der Waals surface area contributed by atoms with Crippen LogP contribution in [0.4, 0.5) is 4.39 Å². The predicted molar refractivity (Wildman–Crippen MR) is 91.4 cm³/mol. The van der Waals surface area contributed by atoms with Crippen molar-refractivity contribution in [2.75, 3.05) is 0 Å². The summed E-state index contributed by atoms with van der Waals surface area (Å²) in [6, 6.07) is 5.93. The summed E-state index contributed by atoms with van der Waals surface area (Å²) in [4.78, 5) is 37.7. The molecule has 0 saturated carbocycles. The highest BCUT2D eigenvalue weighted by atomic mass is 19.1. The summed E-state index contributed by atoms with van der Waals surface area (Å²) in [7, 11) is 2.94. The lowest BCUT2D eigenvalue weighted by atomic mass is 10.1. The topological polar surface area (TPSA) is 66.0 Å². The van der Waals surface area contributed by atoms with Crippen LogP contribution < -0.4 is 11.2 Å². The molecular weight excluding hydrogens is 325 g/mol. The number of carbonyl (C=O) groups excluding carboxylic acids is 1. The second-order valence-corrected chi connectivity index (χ2v) is 6.32. The van der Waals surface area contributed by atoms with Gasteiger partial charge < -0.3 is 4.57 Å². The Morgan fingerprint density at radius 3 is 2.52 bits per heavy atom. The minimum Gasteiger partial charge on any atom is -0.336 e. The number of Topliss-reactive ketones (excluding diaryl/α,β-unsaturated/α-hetero) is 1. The summed E-state index contributed by atoms with van der Waals surface area (Å²) in [5.41, 5.74) is 0.729. The number of rotatable bonds is 1. The number of hydrogen-bond acceptors (Lipinski definition) is 3. The first-order valence-corrected chi connectivity index (χ1v) is 8.03. The minimum atomic E-state index is -0.491. The minimum absolute atomic E-state index is 0.109. The molecule has 0 spiro atoms. The van der Waals surface area contributed by atoms with Crippen molar-refractivity contribution in [2.24, 2.45) is 14.1 Å². The molecule has 0 bridgehead atoms. The maximum atomic E-state index is 13.8. The van der Waals surface area contributed by atoms with Gasteiger partial charge in [0.15, 0.2) is 5.78 Å². The summed E-state index contributed by atoms with van der Waals surface area (Å²) in [6.45, 7) is 0.541. The largest absolute Gasteiger partial charge is 0.336 e. The highest BCUT2D eigenvalue weighted by Gasteiger charge is 2.30. The average Bonchev–Trinajstić information content (AvgIpc) is 2.94. The molecule has 1 aromatic carbocycles. The Balaban J connectivity index is 2.29. The van der Waals surface area contributed by atoms with Crippen LogP contribution in [-0.2, 0) is 20.6 Å². The summed E-state index contributed by atoms with van der Waals surface area (Å²) >= 11 is 0. The van der Waals surface area contributed by atoms with Crippen LogP contribution >= 0.6 is 0 Å². The van der Waals surface area contributed by atoms with Gasteiger partial charge in [-0.3, -0.25) is 18.7 Å². The first-order chi connectivity index (χ1) is 11.9. The molecule has 2 aromatic heterocycles. The van der Waals surface area contributed by atoms with E-state index in [9.17, 15) is 18.8 Å². The first kappa shape index (κ1) is 15.6. The molecule has 6 nitrogen and oxygen atoms in total. The predicted octanol–water partition coefficient (Wildman–Crippen LogP) is 1.82. The molecule has 0 saturated heterocycles. The maximum Gasteiger partial charge on any atom is 0.331 e. The number of hydrogen-bond donors (Lipinski definition) is 0. The third-order valence-electron chi connectivity index (χ3n) is 4.81. The molecule has 0 N–H and O–H groups in total. The third-order valence-corrected chi connectivity index (χ3v) is 4.81. The quantitative estimate of drug-likeness (QED) is 0.678. The fourth-order valence-corrected chi connectivity index (χ4v) is 3.67. The van der Waals surface area contributed by atoms with Gasteiger partial charge >= 0.3 is 5.69 Å². The zero-order chi connectivity index (χ0) is 17.9. The molecule has 3 aromatic rings. The van der Waals surface area contributed by atoms with E-state index < -0.39 is 17.1 Å². The highest BCUT2D eigenvalue weighted by molar-refractivity contribution is 6.11. The molecule has 128 valence electrons. The van der Waals surface area contributed by atoms with Gasteiger partial charge in [-0.15, -0.1) is 0 Å². The molecule has 0 amide bonds. The molecule has 3 heterocycles. The second-order valence-electron chi connectivity index (χ2n) is 6.32. The van der Waals surface area contributed by atoms with E-state index in [0.717, 1.165) is 4.57 Å². The monoisotopic (exact) mass is 341 g/mol. The number of carbonyl (C=O) groups is 1. The van der Waals surface area contributed by atoms with Crippen LogP contribution in [0.2, 0.25) is 0 Å². The van der Waals surface area contributed by atoms with Gasteiger partial charge in [-0.05, 0) is 18.6 Å². The lowest BCUT2D eigenvalue weighted by Gasteiger charge is -2.17. The number of aromatic nitrogens is 3. The number of fused-ring (bicyclic) bond motifs is 3. The van der Waals surface area contributed by atoms with Gasteiger partial charge in [-0.25, -0.2) is 9.18 Å². The van der Waals surface area contributed by atoms with Crippen molar-refractivity contribution in [1.29, 1.82) is 0 Å². The Hall–Kier alpha value is -2.96. The molecule has 1 aliphatic rings. The number of ketones is 1. The van der Waals surface area contributed by atoms with Gasteiger partial charge in [0.25, 0.3) is 5.56 Å². The number of nitrogens with zero attached hydrogens (tertiary/aromatic N) is 3. The van der Waals surface area contributed by atoms with Gasteiger partial charge in [-0.1, -0.05) is 12.1 Å². The van der Waals surface area contributed by atoms with Crippen LogP contribution in [-0.4, -0.2) is 19.5 Å². The zero-order valence-electron chi connectivity index (χ0n) is 13.9. The van der Waals surface area contributed by atoms with Gasteiger partial charge in [0.05, 0.1) is 16.6 Å². The Labute approximate surface area is 141 Å². The van der Waals surface area contributed by atoms with Crippen LogP contribution in [0.5, 0.6) is 0 Å². The van der Waals surface area contributed by atoms with Crippen molar-refractivity contribution in [3.05, 3.63) is 56.6 Å². The van der Waals surface area contributed by atoms with E-state index in [4.69, 9.17) is 0 Å². The fourth-order valence-electron chi connectivity index (χ4n) is 3.67. The van der Waals surface area contributed by atoms with Crippen LogP contribution in [0, 0.1) is 5.82 Å². The summed E-state index contributed by atoms with van der Waals surface area (Å²) < 4.78 is 17.9. The molecule has 25 heavy (non-hydrogen) atoms. The lowest BCUT2D eigenvalue weighted by molar-refractivity contribution is 0.0957. The van der Waals surface area contributed by atoms with Gasteiger partial charge in [0, 0.05) is 32.6 Å². The molecule has 0 fully saturated rings. The van der Waals surface area contributed by atoms with Crippen molar-refractivity contribution in [3.63, 3.8) is 0 Å². The zero-order valence-corrected chi connectivity index (χ0v) is 13.9. The smallest absolute Gasteiger partial charge is 0.331 e. The van der Waals surface area contributed by atoms with Gasteiger partial charge in [-0.2, -0.15) is 0 Å². The molecule has 0 atom stereocenters. The third kappa shape index (κ3) is 2.05. The van der Waals surface area contributed by atoms with Gasteiger partial charge in [0.1, 0.15) is 11.5 Å².